The molecular weight excluding hydrogens is 565 g/mol. The summed E-state index contributed by atoms with van der Waals surface area (Å²) in [5.41, 5.74) is -2.96. The highest BCUT2D eigenvalue weighted by Crippen LogP contribution is 2.34. The summed E-state index contributed by atoms with van der Waals surface area (Å²) in [6, 6.07) is 0. The Bertz CT molecular complexity index is 883. The van der Waals surface area contributed by atoms with Crippen LogP contribution in [-0.2, 0) is 19.1 Å². The predicted octanol–water partition coefficient (Wildman–Crippen LogP) is 5.14. The maximum atomic E-state index is 13.5. The minimum atomic E-state index is -2.38. The SMILES string of the molecule is C.CC.CCC(CO)(CO)C(=O)O.CCC1(C(=O)Oc2c(F)c(F)c(F)c(F)c2F)COC(=O)OC1.CPF. The number of carbonyl (C=O) groups excluding carboxylic acids is 2. The predicted molar refractivity (Wildman–Crippen MR) is 130 cm³/mol. The highest BCUT2D eigenvalue weighted by molar-refractivity contribution is 7.30. The largest absolute Gasteiger partial charge is 0.508 e. The molecule has 0 amide bonds. The third-order valence-electron chi connectivity index (χ3n) is 5.14. The zero-order valence-corrected chi connectivity index (χ0v) is 22.3. The van der Waals surface area contributed by atoms with Gasteiger partial charge in [-0.1, -0.05) is 35.1 Å². The number of carboxylic acids is 1. The molecule has 0 aromatic heterocycles. The summed E-state index contributed by atoms with van der Waals surface area (Å²) in [6.07, 6.45) is -0.859. The second-order valence-electron chi connectivity index (χ2n) is 7.19. The van der Waals surface area contributed by atoms with E-state index >= 15 is 0 Å². The Morgan fingerprint density at radius 1 is 0.949 bits per heavy atom. The van der Waals surface area contributed by atoms with Gasteiger partial charge in [0.2, 0.25) is 34.8 Å². The molecule has 16 heteroatoms. The molecule has 1 aromatic carbocycles. The lowest BCUT2D eigenvalue weighted by molar-refractivity contribution is -0.159. The van der Waals surface area contributed by atoms with E-state index in [1.54, 1.807) is 6.92 Å². The summed E-state index contributed by atoms with van der Waals surface area (Å²) in [5.74, 6) is -15.7. The molecule has 0 bridgehead atoms. The van der Waals surface area contributed by atoms with E-state index in [9.17, 15) is 40.5 Å². The van der Waals surface area contributed by atoms with Crippen LogP contribution < -0.4 is 4.74 Å². The Labute approximate surface area is 224 Å². The lowest BCUT2D eigenvalue weighted by atomic mass is 9.86. The molecule has 0 saturated carbocycles. The zero-order chi connectivity index (χ0) is 30.3. The van der Waals surface area contributed by atoms with Crippen molar-refractivity contribution < 1.29 is 70.1 Å². The number of carbonyl (C=O) groups is 3. The van der Waals surface area contributed by atoms with Gasteiger partial charge < -0.3 is 29.5 Å². The van der Waals surface area contributed by atoms with Gasteiger partial charge in [-0.05, 0) is 19.5 Å². The van der Waals surface area contributed by atoms with Crippen LogP contribution in [0.15, 0.2) is 0 Å². The molecule has 1 fully saturated rings. The van der Waals surface area contributed by atoms with Crippen molar-refractivity contribution in [3.63, 3.8) is 0 Å². The molecule has 3 N–H and O–H groups in total. The first kappa shape index (κ1) is 40.9. The molecule has 1 aromatic rings. The van der Waals surface area contributed by atoms with E-state index in [2.05, 4.69) is 14.2 Å². The van der Waals surface area contributed by atoms with Gasteiger partial charge in [0.1, 0.15) is 24.0 Å². The topological polar surface area (TPSA) is 140 Å². The van der Waals surface area contributed by atoms with Crippen LogP contribution in [0.1, 0.15) is 48.0 Å². The number of ether oxygens (including phenoxy) is 3. The van der Waals surface area contributed by atoms with E-state index in [-0.39, 0.29) is 20.3 Å². The van der Waals surface area contributed by atoms with Gasteiger partial charge in [0.25, 0.3) is 0 Å². The maximum absolute atomic E-state index is 13.5. The molecule has 1 unspecified atom stereocenters. The highest BCUT2D eigenvalue weighted by atomic mass is 31.1. The van der Waals surface area contributed by atoms with E-state index in [1.807, 2.05) is 13.8 Å². The molecule has 0 spiro atoms. The molecule has 0 radical (unpaired) electrons. The van der Waals surface area contributed by atoms with Crippen LogP contribution in [0, 0.1) is 39.9 Å². The standard InChI is InChI=1S/C13H9F5O5.C6H12O4.C2H6.CH4FP.CH4/c1-2-13(3-21-12(20)22-4-13)11(19)23-10-8(17)6(15)5(14)7(16)9(10)18;1-2-6(3-7,4-8)5(9)10;1-2;1-3-2;/h2-4H2,1H3;7-8H,2-4H2,1H3,(H,9,10);1-2H3;3H,1H3;1H4. The molecular formula is C23H35F6O9P. The second-order valence-corrected chi connectivity index (χ2v) is 7.57. The van der Waals surface area contributed by atoms with Crippen molar-refractivity contribution in [2.75, 3.05) is 33.1 Å². The summed E-state index contributed by atoms with van der Waals surface area (Å²) in [4.78, 5) is 33.3. The van der Waals surface area contributed by atoms with Crippen LogP contribution in [-0.4, -0.2) is 66.5 Å². The summed E-state index contributed by atoms with van der Waals surface area (Å²) in [7, 11) is -0.417. The average Bonchev–Trinajstić information content (AvgIpc) is 2.92. The van der Waals surface area contributed by atoms with Gasteiger partial charge in [-0.3, -0.25) is 9.59 Å². The number of hydrogen-bond donors (Lipinski definition) is 3. The van der Waals surface area contributed by atoms with E-state index in [4.69, 9.17) is 15.3 Å². The van der Waals surface area contributed by atoms with Crippen molar-refractivity contribution in [1.29, 1.82) is 0 Å². The van der Waals surface area contributed by atoms with Gasteiger partial charge in [-0.2, -0.15) is 8.78 Å². The fourth-order valence-corrected chi connectivity index (χ4v) is 2.38. The summed E-state index contributed by atoms with van der Waals surface area (Å²) < 4.78 is 89.8. The molecule has 0 aliphatic carbocycles. The number of benzene rings is 1. The molecule has 1 aliphatic heterocycles. The van der Waals surface area contributed by atoms with E-state index in [1.165, 1.54) is 13.6 Å². The number of aliphatic hydroxyl groups excluding tert-OH is 2. The van der Waals surface area contributed by atoms with Gasteiger partial charge in [-0.15, -0.1) is 0 Å². The quantitative estimate of drug-likeness (QED) is 0.0969. The minimum absolute atomic E-state index is 0. The minimum Gasteiger partial charge on any atom is -0.481 e. The van der Waals surface area contributed by atoms with Crippen LogP contribution >= 0.6 is 8.89 Å². The first-order valence-corrected chi connectivity index (χ1v) is 12.4. The molecule has 39 heavy (non-hydrogen) atoms. The normalized spacial score (nSPS) is 13.6. The Morgan fingerprint density at radius 3 is 1.56 bits per heavy atom. The van der Waals surface area contributed by atoms with Gasteiger partial charge in [-0.25, -0.2) is 22.2 Å². The van der Waals surface area contributed by atoms with Crippen molar-refractivity contribution >= 4 is 27.0 Å². The number of aliphatic hydroxyl groups is 2. The monoisotopic (exact) mass is 600 g/mol. The summed E-state index contributed by atoms with van der Waals surface area (Å²) in [5, 5.41) is 25.7. The number of esters is 1. The van der Waals surface area contributed by atoms with Crippen molar-refractivity contribution in [1.82, 2.24) is 0 Å². The Kier molecular flexibility index (Phi) is 20.3. The van der Waals surface area contributed by atoms with Gasteiger partial charge in [0.15, 0.2) is 0 Å². The van der Waals surface area contributed by atoms with E-state index in [0.717, 1.165) is 0 Å². The number of carboxylic acid groups (broad SMARTS) is 1. The fourth-order valence-electron chi connectivity index (χ4n) is 2.38. The molecule has 2 rings (SSSR count). The Balaban J connectivity index is -0.000000681. The lowest BCUT2D eigenvalue weighted by Gasteiger charge is -2.32. The Morgan fingerprint density at radius 2 is 1.31 bits per heavy atom. The molecule has 228 valence electrons. The summed E-state index contributed by atoms with van der Waals surface area (Å²) in [6.45, 7) is 6.49. The number of hydrogen-bond acceptors (Lipinski definition) is 8. The number of halogens is 6. The van der Waals surface area contributed by atoms with Crippen LogP contribution in [0.3, 0.4) is 0 Å². The van der Waals surface area contributed by atoms with Gasteiger partial charge in [0, 0.05) is 0 Å². The Hall–Kier alpha value is -2.64. The van der Waals surface area contributed by atoms with Crippen molar-refractivity contribution in [2.24, 2.45) is 10.8 Å². The number of rotatable bonds is 7. The van der Waals surface area contributed by atoms with Gasteiger partial charge >= 0.3 is 18.1 Å². The molecule has 1 aliphatic rings. The van der Waals surface area contributed by atoms with Crippen LogP contribution in [0.5, 0.6) is 5.75 Å². The first-order valence-electron chi connectivity index (χ1n) is 11.0. The van der Waals surface area contributed by atoms with Gasteiger partial charge in [0.05, 0.1) is 22.1 Å². The fraction of sp³-hybridized carbons (Fsp3) is 0.609. The average molecular weight is 600 g/mol. The van der Waals surface area contributed by atoms with Crippen molar-refractivity contribution in [3.8, 4) is 5.75 Å². The van der Waals surface area contributed by atoms with Crippen LogP contribution in [0.25, 0.3) is 0 Å². The number of aliphatic carboxylic acids is 1. The number of cyclic esters (lactones) is 2. The first-order chi connectivity index (χ1) is 17.8. The lowest BCUT2D eigenvalue weighted by Crippen LogP contribution is -2.47. The van der Waals surface area contributed by atoms with Crippen molar-refractivity contribution in [3.05, 3.63) is 29.1 Å². The van der Waals surface area contributed by atoms with Crippen molar-refractivity contribution in [2.45, 2.75) is 48.0 Å². The zero-order valence-electron chi connectivity index (χ0n) is 21.3. The van der Waals surface area contributed by atoms with E-state index in [0.29, 0.717) is 0 Å². The summed E-state index contributed by atoms with van der Waals surface area (Å²) >= 11 is 0. The second kappa shape index (κ2) is 19.4. The third-order valence-corrected chi connectivity index (χ3v) is 5.14. The molecule has 1 heterocycles. The van der Waals surface area contributed by atoms with Crippen LogP contribution in [0.4, 0.5) is 30.9 Å². The van der Waals surface area contributed by atoms with Crippen LogP contribution in [0.2, 0.25) is 0 Å². The molecule has 1 atom stereocenters. The smallest absolute Gasteiger partial charge is 0.481 e. The molecule has 1 saturated heterocycles. The highest BCUT2D eigenvalue weighted by Gasteiger charge is 2.46. The van der Waals surface area contributed by atoms with E-state index < -0.39 is 99.1 Å². The molecule has 9 nitrogen and oxygen atoms in total. The third kappa shape index (κ3) is 10.5. The maximum Gasteiger partial charge on any atom is 0.508 e.